The van der Waals surface area contributed by atoms with Gasteiger partial charge in [0.2, 0.25) is 0 Å². The molecule has 0 aromatic heterocycles. The predicted molar refractivity (Wildman–Crippen MR) is 71.9 cm³/mol. The summed E-state index contributed by atoms with van der Waals surface area (Å²) >= 11 is 0. The average Bonchev–Trinajstić information content (AvgIpc) is 2.77. The fourth-order valence-corrected chi connectivity index (χ4v) is 3.04. The summed E-state index contributed by atoms with van der Waals surface area (Å²) in [6.45, 7) is 0. The standard InChI is InChI=1S/C16H14N2/c1-18-10-4-5-11-8-9-13-12-6-2-3-7-14(12)17-15(13)16(11)18/h2-7,10H,8-9H2,1H3. The number of rotatable bonds is 0. The Balaban J connectivity index is 2.09. The van der Waals surface area contributed by atoms with Crippen LogP contribution in [0.15, 0.2) is 64.6 Å². The van der Waals surface area contributed by atoms with Crippen LogP contribution in [-0.4, -0.2) is 11.9 Å². The number of para-hydroxylation sites is 1. The van der Waals surface area contributed by atoms with E-state index in [-0.39, 0.29) is 0 Å². The van der Waals surface area contributed by atoms with E-state index in [1.807, 2.05) is 0 Å². The molecule has 1 aromatic carbocycles. The van der Waals surface area contributed by atoms with Gasteiger partial charge in [-0.1, -0.05) is 24.3 Å². The monoisotopic (exact) mass is 234 g/mol. The highest BCUT2D eigenvalue weighted by Gasteiger charge is 2.27. The molecule has 0 unspecified atom stereocenters. The second-order valence-electron chi connectivity index (χ2n) is 4.95. The van der Waals surface area contributed by atoms with Gasteiger partial charge < -0.3 is 4.90 Å². The van der Waals surface area contributed by atoms with Crippen LogP contribution in [0.1, 0.15) is 12.8 Å². The third kappa shape index (κ3) is 1.20. The highest BCUT2D eigenvalue weighted by molar-refractivity contribution is 5.72. The molecule has 0 saturated carbocycles. The van der Waals surface area contributed by atoms with E-state index in [1.54, 1.807) is 0 Å². The maximum absolute atomic E-state index is 4.83. The molecule has 0 radical (unpaired) electrons. The van der Waals surface area contributed by atoms with Gasteiger partial charge in [-0.05, 0) is 36.1 Å². The van der Waals surface area contributed by atoms with Gasteiger partial charge in [0.1, 0.15) is 0 Å². The molecule has 3 aliphatic rings. The van der Waals surface area contributed by atoms with Crippen LogP contribution in [0, 0.1) is 0 Å². The van der Waals surface area contributed by atoms with Crippen molar-refractivity contribution in [3.63, 3.8) is 0 Å². The molecule has 18 heavy (non-hydrogen) atoms. The molecule has 0 spiro atoms. The number of fused-ring (bicyclic) bond motifs is 3. The van der Waals surface area contributed by atoms with Crippen molar-refractivity contribution in [2.75, 3.05) is 7.05 Å². The van der Waals surface area contributed by atoms with Crippen molar-refractivity contribution in [1.82, 2.24) is 4.90 Å². The number of hydrogen-bond donors (Lipinski definition) is 0. The van der Waals surface area contributed by atoms with E-state index in [4.69, 9.17) is 4.99 Å². The molecule has 1 aromatic rings. The van der Waals surface area contributed by atoms with Gasteiger partial charge in [-0.2, -0.15) is 0 Å². The zero-order chi connectivity index (χ0) is 12.1. The summed E-state index contributed by atoms with van der Waals surface area (Å²) in [4.78, 5) is 7.03. The second kappa shape index (κ2) is 3.45. The van der Waals surface area contributed by atoms with E-state index in [2.05, 4.69) is 54.6 Å². The van der Waals surface area contributed by atoms with Gasteiger partial charge in [0.05, 0.1) is 16.8 Å². The highest BCUT2D eigenvalue weighted by Crippen LogP contribution is 2.38. The zero-order valence-corrected chi connectivity index (χ0v) is 10.4. The van der Waals surface area contributed by atoms with Crippen molar-refractivity contribution < 1.29 is 0 Å². The molecule has 2 heterocycles. The molecule has 0 bridgehead atoms. The van der Waals surface area contributed by atoms with Gasteiger partial charge in [-0.25, -0.2) is 4.99 Å². The van der Waals surface area contributed by atoms with Gasteiger partial charge in [-0.3, -0.25) is 0 Å². The summed E-state index contributed by atoms with van der Waals surface area (Å²) in [6, 6.07) is 8.46. The summed E-state index contributed by atoms with van der Waals surface area (Å²) in [5.74, 6) is 0. The summed E-state index contributed by atoms with van der Waals surface area (Å²) < 4.78 is 0. The summed E-state index contributed by atoms with van der Waals surface area (Å²) in [5.41, 5.74) is 5.30. The molecule has 2 nitrogen and oxygen atoms in total. The van der Waals surface area contributed by atoms with Crippen LogP contribution in [-0.2, 0) is 0 Å². The quantitative estimate of drug-likeness (QED) is 0.669. The Morgan fingerprint density at radius 1 is 1.17 bits per heavy atom. The molecular weight excluding hydrogens is 220 g/mol. The molecule has 1 aliphatic carbocycles. The van der Waals surface area contributed by atoms with Gasteiger partial charge in [-0.15, -0.1) is 0 Å². The van der Waals surface area contributed by atoms with Crippen LogP contribution < -0.4 is 10.6 Å². The van der Waals surface area contributed by atoms with Crippen LogP contribution in [0.4, 0.5) is 0 Å². The Kier molecular flexibility index (Phi) is 1.90. The van der Waals surface area contributed by atoms with E-state index in [0.29, 0.717) is 0 Å². The molecule has 2 aliphatic heterocycles. The second-order valence-corrected chi connectivity index (χ2v) is 4.95. The molecule has 4 rings (SSSR count). The van der Waals surface area contributed by atoms with Crippen molar-refractivity contribution in [2.45, 2.75) is 12.8 Å². The molecule has 88 valence electrons. The Morgan fingerprint density at radius 2 is 2.06 bits per heavy atom. The number of allylic oxidation sites excluding steroid dienone is 4. The van der Waals surface area contributed by atoms with Crippen LogP contribution in [0.3, 0.4) is 0 Å². The molecule has 0 amide bonds. The highest BCUT2D eigenvalue weighted by atomic mass is 15.1. The topological polar surface area (TPSA) is 15.6 Å². The molecule has 0 atom stereocenters. The first kappa shape index (κ1) is 9.89. The van der Waals surface area contributed by atoms with Gasteiger partial charge >= 0.3 is 0 Å². The van der Waals surface area contributed by atoms with E-state index >= 15 is 0 Å². The summed E-state index contributed by atoms with van der Waals surface area (Å²) in [5, 5.41) is 2.45. The van der Waals surface area contributed by atoms with Crippen molar-refractivity contribution >= 4 is 5.57 Å². The fraction of sp³-hybridized carbons (Fsp3) is 0.188. The molecular formula is C16H14N2. The number of nitrogens with zero attached hydrogens (tertiary/aromatic N) is 2. The Labute approximate surface area is 106 Å². The van der Waals surface area contributed by atoms with Crippen LogP contribution in [0.5, 0.6) is 0 Å². The fourth-order valence-electron chi connectivity index (χ4n) is 3.04. The number of likely N-dealkylation sites (N-methyl/N-ethyl adjacent to an activating group) is 1. The SMILES string of the molecule is CN1C=CC=C2CCC3=c4ccccc4=NC3=C21. The van der Waals surface area contributed by atoms with Gasteiger partial charge in [0.15, 0.2) is 0 Å². The van der Waals surface area contributed by atoms with E-state index in [1.165, 1.54) is 27.8 Å². The molecule has 0 N–H and O–H groups in total. The predicted octanol–water partition coefficient (Wildman–Crippen LogP) is 1.86. The van der Waals surface area contributed by atoms with Crippen LogP contribution in [0.2, 0.25) is 0 Å². The van der Waals surface area contributed by atoms with Gasteiger partial charge in [0.25, 0.3) is 0 Å². The third-order valence-corrected chi connectivity index (χ3v) is 3.88. The van der Waals surface area contributed by atoms with Gasteiger partial charge in [0, 0.05) is 18.5 Å². The lowest BCUT2D eigenvalue weighted by Crippen LogP contribution is -2.23. The molecule has 0 fully saturated rings. The first-order valence-corrected chi connectivity index (χ1v) is 6.37. The van der Waals surface area contributed by atoms with E-state index in [0.717, 1.165) is 18.2 Å². The van der Waals surface area contributed by atoms with E-state index in [9.17, 15) is 0 Å². The largest absolute Gasteiger partial charge is 0.349 e. The average molecular weight is 234 g/mol. The number of hydrogen-bond acceptors (Lipinski definition) is 2. The molecule has 0 saturated heterocycles. The normalized spacial score (nSPS) is 20.2. The first-order chi connectivity index (χ1) is 8.84. The molecule has 2 heteroatoms. The van der Waals surface area contributed by atoms with E-state index < -0.39 is 0 Å². The van der Waals surface area contributed by atoms with Crippen LogP contribution >= 0.6 is 0 Å². The summed E-state index contributed by atoms with van der Waals surface area (Å²) in [6.07, 6.45) is 8.66. The third-order valence-electron chi connectivity index (χ3n) is 3.88. The maximum Gasteiger partial charge on any atom is 0.0915 e. The zero-order valence-electron chi connectivity index (χ0n) is 10.4. The smallest absolute Gasteiger partial charge is 0.0915 e. The first-order valence-electron chi connectivity index (χ1n) is 6.37. The minimum atomic E-state index is 1.10. The van der Waals surface area contributed by atoms with Crippen molar-refractivity contribution in [1.29, 1.82) is 0 Å². The summed E-state index contributed by atoms with van der Waals surface area (Å²) in [7, 11) is 2.10. The number of benzene rings is 1. The minimum absolute atomic E-state index is 1.10. The minimum Gasteiger partial charge on any atom is -0.349 e. The maximum atomic E-state index is 4.83. The van der Waals surface area contributed by atoms with Crippen LogP contribution in [0.25, 0.3) is 5.57 Å². The lowest BCUT2D eigenvalue weighted by Gasteiger charge is -2.29. The lowest BCUT2D eigenvalue weighted by atomic mass is 9.89. The van der Waals surface area contributed by atoms with Crippen molar-refractivity contribution in [3.8, 4) is 0 Å². The Morgan fingerprint density at radius 3 is 3.00 bits per heavy atom. The Hall–Kier alpha value is -2.09. The van der Waals surface area contributed by atoms with Crippen molar-refractivity contribution in [2.24, 2.45) is 4.99 Å². The lowest BCUT2D eigenvalue weighted by molar-refractivity contribution is 0.554. The Bertz CT molecular complexity index is 748. The van der Waals surface area contributed by atoms with Crippen molar-refractivity contribution in [3.05, 3.63) is 70.2 Å².